The predicted octanol–water partition coefficient (Wildman–Crippen LogP) is 3.30. The van der Waals surface area contributed by atoms with Gasteiger partial charge in [-0.25, -0.2) is 8.78 Å². The van der Waals surface area contributed by atoms with Crippen molar-refractivity contribution in [2.24, 2.45) is 0 Å². The third kappa shape index (κ3) is 3.08. The van der Waals surface area contributed by atoms with Crippen LogP contribution >= 0.6 is 11.5 Å². The van der Waals surface area contributed by atoms with E-state index in [1.54, 1.807) is 0 Å². The van der Waals surface area contributed by atoms with Crippen molar-refractivity contribution in [3.8, 4) is 11.3 Å². The number of nitrogens with zero attached hydrogens (tertiary/aromatic N) is 1. The highest BCUT2D eigenvalue weighted by Gasteiger charge is 2.38. The molecule has 0 saturated carbocycles. The average molecular weight is 336 g/mol. The van der Waals surface area contributed by atoms with Crippen molar-refractivity contribution in [3.05, 3.63) is 40.3 Å². The predicted molar refractivity (Wildman–Crippen MR) is 66.5 cm³/mol. The number of alkyl halides is 5. The molecule has 9 heteroatoms. The van der Waals surface area contributed by atoms with Crippen LogP contribution in [-0.2, 0) is 12.1 Å². The lowest BCUT2D eigenvalue weighted by Crippen LogP contribution is -2.25. The third-order valence-corrected chi connectivity index (χ3v) is 3.71. The highest BCUT2D eigenvalue weighted by molar-refractivity contribution is 7.06. The van der Waals surface area contributed by atoms with Gasteiger partial charge in [0.2, 0.25) is 0 Å². The average Bonchev–Trinajstić information content (AvgIpc) is 2.82. The molecule has 0 fully saturated rings. The second-order valence-corrected chi connectivity index (χ2v) is 5.26. The zero-order chi connectivity index (χ0) is 16.7. The molecule has 1 aromatic heterocycles. The highest BCUT2D eigenvalue weighted by Crippen LogP contribution is 2.39. The number of aromatic nitrogens is 1. The second kappa shape index (κ2) is 5.31. The number of halogens is 5. The maximum Gasteiger partial charge on any atom is 0.427 e. The van der Waals surface area contributed by atoms with Gasteiger partial charge in [0.25, 0.3) is 5.92 Å². The lowest BCUT2D eigenvalue weighted by molar-refractivity contribution is -0.255. The zero-order valence-corrected chi connectivity index (χ0v) is 11.7. The number of hydrogen-bond donors (Lipinski definition) is 0. The number of aromatic carboxylic acids is 1. The van der Waals surface area contributed by atoms with E-state index in [0.717, 1.165) is 24.3 Å². The van der Waals surface area contributed by atoms with E-state index in [0.29, 0.717) is 6.92 Å². The van der Waals surface area contributed by atoms with Crippen LogP contribution in [0.25, 0.3) is 11.3 Å². The molecule has 0 unspecified atom stereocenters. The summed E-state index contributed by atoms with van der Waals surface area (Å²) in [5.41, 5.74) is -1.91. The molecule has 0 N–H and O–H groups in total. The Labute approximate surface area is 125 Å². The Hall–Kier alpha value is -2.03. The molecule has 1 heterocycles. The summed E-state index contributed by atoms with van der Waals surface area (Å²) in [6, 6.07) is 4.19. The fraction of sp³-hybridized carbons (Fsp3) is 0.231. The van der Waals surface area contributed by atoms with Crippen molar-refractivity contribution in [1.29, 1.82) is 0 Å². The fourth-order valence-corrected chi connectivity index (χ4v) is 2.54. The first-order chi connectivity index (χ1) is 10.0. The van der Waals surface area contributed by atoms with Crippen molar-refractivity contribution in [2.75, 3.05) is 0 Å². The molecule has 0 spiro atoms. The van der Waals surface area contributed by atoms with Crippen LogP contribution in [-0.4, -0.2) is 10.3 Å². The molecule has 1 aromatic carbocycles. The van der Waals surface area contributed by atoms with Crippen molar-refractivity contribution in [1.82, 2.24) is 4.37 Å². The SMILES string of the molecule is CC(F)(F)c1ccc(-c2nsc(C(F)(F)F)c2C(=O)[O-])cc1. The van der Waals surface area contributed by atoms with Crippen molar-refractivity contribution >= 4 is 17.5 Å². The lowest BCUT2D eigenvalue weighted by atomic mass is 10.0. The van der Waals surface area contributed by atoms with Crippen LogP contribution in [0.5, 0.6) is 0 Å². The van der Waals surface area contributed by atoms with Gasteiger partial charge in [0.05, 0.1) is 11.7 Å². The normalized spacial score (nSPS) is 12.5. The van der Waals surface area contributed by atoms with Gasteiger partial charge in [-0.1, -0.05) is 24.3 Å². The lowest BCUT2D eigenvalue weighted by Gasteiger charge is -2.12. The first-order valence-corrected chi connectivity index (χ1v) is 6.56. The Balaban J connectivity index is 2.54. The molecule has 3 nitrogen and oxygen atoms in total. The minimum absolute atomic E-state index is 0.0149. The van der Waals surface area contributed by atoms with E-state index in [2.05, 4.69) is 4.37 Å². The van der Waals surface area contributed by atoms with Gasteiger partial charge in [0, 0.05) is 23.6 Å². The Morgan fingerprint density at radius 3 is 2.09 bits per heavy atom. The van der Waals surface area contributed by atoms with Crippen LogP contribution in [0, 0.1) is 0 Å². The highest BCUT2D eigenvalue weighted by atomic mass is 32.1. The van der Waals surface area contributed by atoms with E-state index in [1.807, 2.05) is 0 Å². The standard InChI is InChI=1S/C13H8F5NO2S/c1-12(14,15)7-4-2-6(3-5-7)9-8(11(20)21)10(22-19-9)13(16,17)18/h2-5H,1H3,(H,20,21)/p-1. The topological polar surface area (TPSA) is 53.0 Å². The molecule has 0 atom stereocenters. The molecule has 0 amide bonds. The van der Waals surface area contributed by atoms with Crippen molar-refractivity contribution in [2.45, 2.75) is 19.0 Å². The molecule has 0 radical (unpaired) electrons. The maximum atomic E-state index is 13.1. The van der Waals surface area contributed by atoms with E-state index < -0.39 is 34.2 Å². The molecule has 0 aliphatic rings. The minimum atomic E-state index is -4.89. The number of hydrogen-bond acceptors (Lipinski definition) is 4. The molecule has 118 valence electrons. The molecule has 0 bridgehead atoms. The van der Waals surface area contributed by atoms with Gasteiger partial charge in [-0.05, 0) is 11.5 Å². The summed E-state index contributed by atoms with van der Waals surface area (Å²) in [4.78, 5) is 9.59. The van der Waals surface area contributed by atoms with Crippen molar-refractivity contribution < 1.29 is 31.9 Å². The number of carboxylic acids is 1. The summed E-state index contributed by atoms with van der Waals surface area (Å²) in [5, 5.41) is 11.0. The summed E-state index contributed by atoms with van der Waals surface area (Å²) >= 11 is -0.0280. The molecule has 2 rings (SSSR count). The van der Waals surface area contributed by atoms with Gasteiger partial charge in [0.15, 0.2) is 0 Å². The van der Waals surface area contributed by atoms with Crippen LogP contribution < -0.4 is 5.11 Å². The summed E-state index contributed by atoms with van der Waals surface area (Å²) in [6.45, 7) is 0.666. The first kappa shape index (κ1) is 16.3. The number of rotatable bonds is 3. The number of carboxylic acid groups (broad SMARTS) is 1. The summed E-state index contributed by atoms with van der Waals surface area (Å²) in [6.07, 6.45) is -4.89. The Kier molecular flexibility index (Phi) is 3.94. The van der Waals surface area contributed by atoms with Crippen molar-refractivity contribution in [3.63, 3.8) is 0 Å². The summed E-state index contributed by atoms with van der Waals surface area (Å²) in [7, 11) is 0. The van der Waals surface area contributed by atoms with E-state index >= 15 is 0 Å². The smallest absolute Gasteiger partial charge is 0.427 e. The number of benzene rings is 1. The Morgan fingerprint density at radius 1 is 1.14 bits per heavy atom. The monoisotopic (exact) mass is 336 g/mol. The second-order valence-electron chi connectivity index (χ2n) is 4.49. The van der Waals surface area contributed by atoms with Gasteiger partial charge in [-0.2, -0.15) is 17.5 Å². The van der Waals surface area contributed by atoms with E-state index in [4.69, 9.17) is 0 Å². The quantitative estimate of drug-likeness (QED) is 0.808. The molecular weight excluding hydrogens is 329 g/mol. The van der Waals surface area contributed by atoms with Crippen LogP contribution in [0.3, 0.4) is 0 Å². The van der Waals surface area contributed by atoms with Gasteiger partial charge in [-0.15, -0.1) is 0 Å². The zero-order valence-electron chi connectivity index (χ0n) is 10.9. The molecule has 0 aliphatic heterocycles. The van der Waals surface area contributed by atoms with Crippen LogP contribution in [0.1, 0.15) is 27.7 Å². The first-order valence-electron chi connectivity index (χ1n) is 5.78. The molecule has 0 aliphatic carbocycles. The van der Waals surface area contributed by atoms with E-state index in [1.165, 1.54) is 0 Å². The summed E-state index contributed by atoms with van der Waals surface area (Å²) in [5.74, 6) is -5.14. The van der Waals surface area contributed by atoms with Gasteiger partial charge in [-0.3, -0.25) is 0 Å². The minimum Gasteiger partial charge on any atom is -0.545 e. The maximum absolute atomic E-state index is 13.1. The molecule has 0 saturated heterocycles. The van der Waals surface area contributed by atoms with Crippen LogP contribution in [0.2, 0.25) is 0 Å². The fourth-order valence-electron chi connectivity index (χ4n) is 1.79. The Bertz CT molecular complexity index is 701. The van der Waals surface area contributed by atoms with E-state index in [9.17, 15) is 31.9 Å². The molecular formula is C13H7F5NO2S-. The number of carbonyl (C=O) groups is 1. The number of carbonyl (C=O) groups excluding carboxylic acids is 1. The Morgan fingerprint density at radius 2 is 1.68 bits per heavy atom. The van der Waals surface area contributed by atoms with Gasteiger partial charge < -0.3 is 9.90 Å². The molecule has 22 heavy (non-hydrogen) atoms. The van der Waals surface area contributed by atoms with E-state index in [-0.39, 0.29) is 22.7 Å². The summed E-state index contributed by atoms with van der Waals surface area (Å²) < 4.78 is 67.9. The largest absolute Gasteiger partial charge is 0.545 e. The molecule has 2 aromatic rings. The van der Waals surface area contributed by atoms with Crippen LogP contribution in [0.4, 0.5) is 22.0 Å². The van der Waals surface area contributed by atoms with Gasteiger partial charge >= 0.3 is 6.18 Å². The third-order valence-electron chi connectivity index (χ3n) is 2.82. The van der Waals surface area contributed by atoms with Gasteiger partial charge in [0.1, 0.15) is 4.88 Å². The van der Waals surface area contributed by atoms with Crippen LogP contribution in [0.15, 0.2) is 24.3 Å².